The molecule has 0 aliphatic carbocycles. The Bertz CT molecular complexity index is 509. The van der Waals surface area contributed by atoms with E-state index in [1.165, 1.54) is 18.2 Å². The highest BCUT2D eigenvalue weighted by molar-refractivity contribution is 9.09. The van der Waals surface area contributed by atoms with Gasteiger partial charge in [0.2, 0.25) is 0 Å². The van der Waals surface area contributed by atoms with E-state index in [2.05, 4.69) is 27.8 Å². The summed E-state index contributed by atoms with van der Waals surface area (Å²) >= 11 is 3.23. The average Bonchev–Trinajstić information content (AvgIpc) is 2.29. The number of halogens is 1. The summed E-state index contributed by atoms with van der Waals surface area (Å²) in [6.07, 6.45) is 0.657. The summed E-state index contributed by atoms with van der Waals surface area (Å²) in [5, 5.41) is 20.1. The summed E-state index contributed by atoms with van der Waals surface area (Å²) in [5.74, 6) is 5.62. The molecule has 0 N–H and O–H groups in total. The van der Waals surface area contributed by atoms with Crippen LogP contribution >= 0.6 is 15.9 Å². The van der Waals surface area contributed by atoms with Gasteiger partial charge in [-0.3, -0.25) is 10.1 Å². The van der Waals surface area contributed by atoms with Crippen molar-refractivity contribution in [3.05, 3.63) is 39.4 Å². The van der Waals surface area contributed by atoms with Gasteiger partial charge in [-0.25, -0.2) is 0 Å². The summed E-state index contributed by atoms with van der Waals surface area (Å²) < 4.78 is 0. The lowest BCUT2D eigenvalue weighted by atomic mass is 10.1. The Morgan fingerprint density at radius 2 is 2.06 bits per heavy atom. The summed E-state index contributed by atoms with van der Waals surface area (Å²) in [6.45, 7) is 0. The minimum atomic E-state index is -0.531. The number of nitro groups is 1. The molecule has 0 aliphatic heterocycles. The van der Waals surface area contributed by atoms with Gasteiger partial charge in [0.15, 0.2) is 0 Å². The highest BCUT2D eigenvalue weighted by Gasteiger charge is 2.08. The molecule has 0 spiro atoms. The second-order valence-corrected chi connectivity index (χ2v) is 3.67. The molecule has 1 aromatic carbocycles. The Morgan fingerprint density at radius 1 is 1.38 bits per heavy atom. The highest BCUT2D eigenvalue weighted by atomic mass is 79.9. The number of non-ortho nitro benzene ring substituents is 1. The first kappa shape index (κ1) is 12.2. The van der Waals surface area contributed by atoms with Crippen LogP contribution in [0.4, 0.5) is 5.69 Å². The number of benzene rings is 1. The molecule has 0 atom stereocenters. The molecule has 80 valence electrons. The second kappa shape index (κ2) is 5.89. The number of nitrogens with zero attached hydrogens (tertiary/aromatic N) is 2. The van der Waals surface area contributed by atoms with Crippen molar-refractivity contribution in [3.8, 4) is 17.9 Å². The lowest BCUT2D eigenvalue weighted by Gasteiger charge is -1.94. The third kappa shape index (κ3) is 3.38. The van der Waals surface area contributed by atoms with Crippen LogP contribution in [0, 0.1) is 33.3 Å². The van der Waals surface area contributed by atoms with Crippen LogP contribution in [-0.4, -0.2) is 10.3 Å². The van der Waals surface area contributed by atoms with Crippen LogP contribution in [0.5, 0.6) is 0 Å². The van der Waals surface area contributed by atoms with Crippen LogP contribution < -0.4 is 0 Å². The van der Waals surface area contributed by atoms with Gasteiger partial charge in [0, 0.05) is 29.4 Å². The molecule has 0 amide bonds. The number of alkyl halides is 1. The maximum Gasteiger partial charge on any atom is 0.271 e. The maximum atomic E-state index is 10.6. The predicted molar refractivity (Wildman–Crippen MR) is 63.1 cm³/mol. The molecule has 0 radical (unpaired) electrons. The smallest absolute Gasteiger partial charge is 0.258 e. The third-order valence-electron chi connectivity index (χ3n) is 1.71. The molecule has 1 aromatic rings. The molecular formula is C11H7BrN2O2. The summed E-state index contributed by atoms with van der Waals surface area (Å²) in [7, 11) is 0. The molecule has 0 fully saturated rings. The van der Waals surface area contributed by atoms with Crippen molar-refractivity contribution < 1.29 is 4.92 Å². The van der Waals surface area contributed by atoms with Gasteiger partial charge in [0.1, 0.15) is 0 Å². The van der Waals surface area contributed by atoms with Gasteiger partial charge in [-0.2, -0.15) is 5.26 Å². The molecule has 0 heterocycles. The number of rotatable bonds is 2. The van der Waals surface area contributed by atoms with E-state index in [9.17, 15) is 10.1 Å². The number of nitro benzene ring substituents is 1. The van der Waals surface area contributed by atoms with Gasteiger partial charge >= 0.3 is 0 Å². The molecule has 4 nitrogen and oxygen atoms in total. The van der Waals surface area contributed by atoms with Gasteiger partial charge in [-0.1, -0.05) is 27.8 Å². The van der Waals surface area contributed by atoms with Crippen LogP contribution in [0.1, 0.15) is 17.5 Å². The van der Waals surface area contributed by atoms with E-state index in [1.807, 2.05) is 6.07 Å². The van der Waals surface area contributed by atoms with Crippen LogP contribution in [0.25, 0.3) is 0 Å². The zero-order chi connectivity index (χ0) is 12.0. The fourth-order valence-corrected chi connectivity index (χ4v) is 1.26. The summed E-state index contributed by atoms with van der Waals surface area (Å²) in [6, 6.07) is 6.00. The molecule has 5 heteroatoms. The van der Waals surface area contributed by atoms with Crippen molar-refractivity contribution in [2.24, 2.45) is 0 Å². The van der Waals surface area contributed by atoms with Crippen molar-refractivity contribution in [2.75, 3.05) is 5.33 Å². The SMILES string of the molecule is N#Cc1cc(C#CCCBr)cc([N+](=O)[O-])c1. The van der Waals surface area contributed by atoms with Gasteiger partial charge in [0.05, 0.1) is 16.6 Å². The van der Waals surface area contributed by atoms with E-state index in [0.717, 1.165) is 5.33 Å². The zero-order valence-electron chi connectivity index (χ0n) is 8.24. The van der Waals surface area contributed by atoms with Gasteiger partial charge in [0.25, 0.3) is 5.69 Å². The lowest BCUT2D eigenvalue weighted by molar-refractivity contribution is -0.384. The zero-order valence-corrected chi connectivity index (χ0v) is 9.82. The first-order valence-electron chi connectivity index (χ1n) is 4.42. The van der Waals surface area contributed by atoms with E-state index in [1.54, 1.807) is 0 Å². The number of hydrogen-bond acceptors (Lipinski definition) is 3. The Balaban J connectivity index is 3.12. The largest absolute Gasteiger partial charge is 0.271 e. The molecule has 0 bridgehead atoms. The van der Waals surface area contributed by atoms with Gasteiger partial charge in [-0.15, -0.1) is 0 Å². The Morgan fingerprint density at radius 3 is 2.62 bits per heavy atom. The van der Waals surface area contributed by atoms with Crippen molar-refractivity contribution in [3.63, 3.8) is 0 Å². The fourth-order valence-electron chi connectivity index (χ4n) is 1.07. The minimum absolute atomic E-state index is 0.109. The van der Waals surface area contributed by atoms with E-state index in [4.69, 9.17) is 5.26 Å². The van der Waals surface area contributed by atoms with Crippen LogP contribution in [0.3, 0.4) is 0 Å². The Hall–Kier alpha value is -1.85. The molecule has 0 aromatic heterocycles. The van der Waals surface area contributed by atoms with Crippen LogP contribution in [0.2, 0.25) is 0 Å². The average molecular weight is 279 g/mol. The molecule has 16 heavy (non-hydrogen) atoms. The molecule has 1 rings (SSSR count). The van der Waals surface area contributed by atoms with Gasteiger partial charge < -0.3 is 0 Å². The van der Waals surface area contributed by atoms with Crippen molar-refractivity contribution in [2.45, 2.75) is 6.42 Å². The normalized spacial score (nSPS) is 8.75. The monoisotopic (exact) mass is 278 g/mol. The van der Waals surface area contributed by atoms with Gasteiger partial charge in [-0.05, 0) is 6.07 Å². The maximum absolute atomic E-state index is 10.6. The molecule has 0 unspecified atom stereocenters. The number of hydrogen-bond donors (Lipinski definition) is 0. The second-order valence-electron chi connectivity index (χ2n) is 2.88. The quantitative estimate of drug-likeness (QED) is 0.361. The first-order chi connectivity index (χ1) is 7.67. The van der Waals surface area contributed by atoms with E-state index in [-0.39, 0.29) is 11.3 Å². The van der Waals surface area contributed by atoms with E-state index >= 15 is 0 Å². The summed E-state index contributed by atoms with van der Waals surface area (Å²) in [5.41, 5.74) is 0.631. The molecule has 0 saturated heterocycles. The molecule has 0 saturated carbocycles. The van der Waals surface area contributed by atoms with Crippen LogP contribution in [0.15, 0.2) is 18.2 Å². The van der Waals surface area contributed by atoms with E-state index in [0.29, 0.717) is 12.0 Å². The minimum Gasteiger partial charge on any atom is -0.258 e. The fraction of sp³-hybridized carbons (Fsp3) is 0.182. The van der Waals surface area contributed by atoms with Crippen molar-refractivity contribution >= 4 is 21.6 Å². The summed E-state index contributed by atoms with van der Waals surface area (Å²) in [4.78, 5) is 10.1. The molecule has 0 aliphatic rings. The lowest BCUT2D eigenvalue weighted by Crippen LogP contribution is -1.90. The predicted octanol–water partition coefficient (Wildman–Crippen LogP) is 2.60. The highest BCUT2D eigenvalue weighted by Crippen LogP contribution is 2.16. The Labute approximate surface area is 101 Å². The van der Waals surface area contributed by atoms with Crippen molar-refractivity contribution in [1.82, 2.24) is 0 Å². The molecular weight excluding hydrogens is 272 g/mol. The first-order valence-corrected chi connectivity index (χ1v) is 5.54. The number of nitriles is 1. The van der Waals surface area contributed by atoms with E-state index < -0.39 is 4.92 Å². The van der Waals surface area contributed by atoms with Crippen molar-refractivity contribution in [1.29, 1.82) is 5.26 Å². The Kier molecular flexibility index (Phi) is 4.50. The standard InChI is InChI=1S/C11H7BrN2O2/c12-4-2-1-3-9-5-10(8-13)7-11(6-9)14(15)16/h5-7H,2,4H2. The topological polar surface area (TPSA) is 66.9 Å². The third-order valence-corrected chi connectivity index (χ3v) is 2.11. The van der Waals surface area contributed by atoms with Crippen LogP contribution in [-0.2, 0) is 0 Å².